The van der Waals surface area contributed by atoms with E-state index in [1.807, 2.05) is 91.7 Å². The molecular weight excluding hydrogens is 998 g/mol. The lowest BCUT2D eigenvalue weighted by Gasteiger charge is -2.45. The molecule has 0 fully saturated rings. The molecule has 0 unspecified atom stereocenters. The van der Waals surface area contributed by atoms with Gasteiger partial charge in [0.05, 0.1) is 0 Å². The highest BCUT2D eigenvalue weighted by atomic mass is 28.5. The van der Waals surface area contributed by atoms with E-state index < -0.39 is 121 Å². The van der Waals surface area contributed by atoms with Crippen LogP contribution in [0.4, 0.5) is 0 Å². The van der Waals surface area contributed by atoms with Gasteiger partial charge in [-0.15, -0.1) is 0 Å². The third kappa shape index (κ3) is 26.4. The Hall–Kier alpha value is 2.40. The van der Waals surface area contributed by atoms with Gasteiger partial charge in [0.15, 0.2) is 9.04 Å². The molecular formula is C29H88O16Si14. The minimum absolute atomic E-state index is 1.25. The molecule has 0 rings (SSSR count). The molecule has 0 spiro atoms. The summed E-state index contributed by atoms with van der Waals surface area (Å²) in [6.07, 6.45) is 0. The molecule has 30 heteroatoms. The van der Waals surface area contributed by atoms with Crippen molar-refractivity contribution in [2.45, 2.75) is 170 Å². The zero-order valence-electron chi connectivity index (χ0n) is 42.6. The van der Waals surface area contributed by atoms with Crippen LogP contribution in [0.3, 0.4) is 0 Å². The normalized spacial score (nSPS) is 15.8. The van der Waals surface area contributed by atoms with Crippen LogP contribution >= 0.6 is 0 Å². The van der Waals surface area contributed by atoms with Gasteiger partial charge in [0.1, 0.15) is 0 Å². The molecule has 0 atom stereocenters. The van der Waals surface area contributed by atoms with Crippen LogP contribution in [0.2, 0.25) is 170 Å². The summed E-state index contributed by atoms with van der Waals surface area (Å²) in [5, 5.41) is 0. The highest BCUT2D eigenvalue weighted by Gasteiger charge is 2.54. The van der Waals surface area contributed by atoms with Gasteiger partial charge in [-0.1, -0.05) is 0 Å². The van der Waals surface area contributed by atoms with E-state index in [4.69, 9.17) is 66.8 Å². The van der Waals surface area contributed by atoms with E-state index in [9.17, 15) is 0 Å². The van der Waals surface area contributed by atoms with Gasteiger partial charge in [-0.05, 0) is 170 Å². The average molecular weight is 1090 g/mol. The molecule has 0 aromatic carbocycles. The van der Waals surface area contributed by atoms with Crippen molar-refractivity contribution in [2.75, 3.05) is 21.3 Å². The van der Waals surface area contributed by atoms with Crippen molar-refractivity contribution in [1.82, 2.24) is 0 Å². The van der Waals surface area contributed by atoms with Crippen LogP contribution in [0.1, 0.15) is 0 Å². The Morgan fingerprint density at radius 1 is 0.220 bits per heavy atom. The van der Waals surface area contributed by atoms with Crippen LogP contribution in [-0.4, -0.2) is 142 Å². The molecule has 0 aromatic heterocycles. The van der Waals surface area contributed by atoms with Crippen molar-refractivity contribution < 1.29 is 66.8 Å². The van der Waals surface area contributed by atoms with Gasteiger partial charge in [-0.2, -0.15) is 0 Å². The smallest absolute Gasteiger partial charge is 0.440 e. The quantitative estimate of drug-likeness (QED) is 0.0656. The van der Waals surface area contributed by atoms with Crippen LogP contribution in [0.15, 0.2) is 0 Å². The summed E-state index contributed by atoms with van der Waals surface area (Å²) in [6.45, 7) is 53.2. The Morgan fingerprint density at radius 2 is 0.356 bits per heavy atom. The maximum atomic E-state index is 6.84. The monoisotopic (exact) mass is 1080 g/mol. The van der Waals surface area contributed by atoms with Crippen molar-refractivity contribution in [3.63, 3.8) is 0 Å². The molecule has 356 valence electrons. The average Bonchev–Trinajstić information content (AvgIpc) is 2.82. The summed E-state index contributed by atoms with van der Waals surface area (Å²) >= 11 is 0. The van der Waals surface area contributed by atoms with Crippen molar-refractivity contribution >= 4 is 121 Å². The van der Waals surface area contributed by atoms with E-state index in [-0.39, 0.29) is 0 Å². The lowest BCUT2D eigenvalue weighted by Crippen LogP contribution is -2.63. The standard InChI is InChI=1S/C29H88O16Si14/c1-30-59(31-2,32-3)45-58(28,29)44-57(26,27)43-56(24,25)42-55(22,23)41-54(20,21)40-53(18,19)39-52(16,17)38-51(14,15)37-50(12,13)36-49(10,11)35-48(8,9)34-47(6,7)33-46(4)5/h46H,1-29H3. The zero-order valence-corrected chi connectivity index (χ0v) is 56.8. The second kappa shape index (κ2) is 21.6. The minimum atomic E-state index is -3.32. The Bertz CT molecular complexity index is 1310. The summed E-state index contributed by atoms with van der Waals surface area (Å²) in [5.74, 6) is 0. The summed E-state index contributed by atoms with van der Waals surface area (Å²) in [6, 6.07) is 0. The molecule has 16 nitrogen and oxygen atoms in total. The van der Waals surface area contributed by atoms with Crippen LogP contribution in [0.5, 0.6) is 0 Å². The predicted molar refractivity (Wildman–Crippen MR) is 270 cm³/mol. The molecule has 0 radical (unpaired) electrons. The SMILES string of the molecule is CO[Si](OC)(OC)O[Si](C)(C)O[Si](C)(C)O[Si](C)(C)O[Si](C)(C)O[Si](C)(C)O[Si](C)(C)O[Si](C)(C)O[Si](C)(C)O[Si](C)(C)O[Si](C)(C)O[Si](C)(C)O[Si](C)(C)O[SiH](C)C. The number of hydrogen-bond donors (Lipinski definition) is 0. The fraction of sp³-hybridized carbons (Fsp3) is 1.00. The third-order valence-corrected chi connectivity index (χ3v) is 58.9. The van der Waals surface area contributed by atoms with Gasteiger partial charge in [0, 0.05) is 21.3 Å². The first kappa shape index (κ1) is 61.4. The Balaban J connectivity index is 5.68. The lowest BCUT2D eigenvalue weighted by atomic mass is 11.8. The van der Waals surface area contributed by atoms with Crippen molar-refractivity contribution in [3.8, 4) is 0 Å². The van der Waals surface area contributed by atoms with E-state index in [0.717, 1.165) is 0 Å². The maximum absolute atomic E-state index is 6.84. The summed E-state index contributed by atoms with van der Waals surface area (Å²) in [5.41, 5.74) is 0. The van der Waals surface area contributed by atoms with Gasteiger partial charge in [-0.3, -0.25) is 0 Å². The first-order valence-corrected chi connectivity index (χ1v) is 58.5. The minimum Gasteiger partial charge on any atom is -0.440 e. The van der Waals surface area contributed by atoms with Crippen molar-refractivity contribution in [3.05, 3.63) is 0 Å². The van der Waals surface area contributed by atoms with Gasteiger partial charge in [-0.25, -0.2) is 0 Å². The Kier molecular flexibility index (Phi) is 22.4. The Labute approximate surface area is 376 Å². The van der Waals surface area contributed by atoms with Gasteiger partial charge < -0.3 is 66.8 Å². The van der Waals surface area contributed by atoms with Gasteiger partial charge in [0.25, 0.3) is 0 Å². The molecule has 0 bridgehead atoms. The van der Waals surface area contributed by atoms with Gasteiger partial charge in [0.2, 0.25) is 0 Å². The van der Waals surface area contributed by atoms with Crippen LogP contribution < -0.4 is 0 Å². The highest BCUT2D eigenvalue weighted by molar-refractivity contribution is 6.94. The second-order valence-corrected chi connectivity index (χ2v) is 69.0. The summed E-state index contributed by atoms with van der Waals surface area (Å²) < 4.78 is 103. The van der Waals surface area contributed by atoms with Crippen molar-refractivity contribution in [1.29, 1.82) is 0 Å². The van der Waals surface area contributed by atoms with Crippen LogP contribution in [-0.2, 0) is 66.8 Å². The molecule has 0 heterocycles. The molecule has 0 aliphatic heterocycles. The lowest BCUT2D eigenvalue weighted by molar-refractivity contribution is 0.0404. The van der Waals surface area contributed by atoms with E-state index in [0.29, 0.717) is 0 Å². The molecule has 0 aromatic rings. The highest BCUT2D eigenvalue weighted by Crippen LogP contribution is 2.32. The largest absolute Gasteiger partial charge is 0.669 e. The van der Waals surface area contributed by atoms with E-state index in [2.05, 4.69) is 78.6 Å². The number of hydrogen-bond acceptors (Lipinski definition) is 16. The topological polar surface area (TPSA) is 148 Å². The first-order valence-electron chi connectivity index (χ1n) is 20.3. The first-order chi connectivity index (χ1) is 25.6. The molecule has 0 N–H and O–H groups in total. The van der Waals surface area contributed by atoms with E-state index >= 15 is 0 Å². The molecule has 0 saturated carbocycles. The van der Waals surface area contributed by atoms with E-state index in [1.165, 1.54) is 21.3 Å². The molecule has 0 amide bonds. The number of rotatable bonds is 29. The summed E-state index contributed by atoms with van der Waals surface area (Å²) in [4.78, 5) is 0. The molecule has 0 aliphatic carbocycles. The third-order valence-electron chi connectivity index (χ3n) is 7.05. The van der Waals surface area contributed by atoms with Crippen LogP contribution in [0, 0.1) is 0 Å². The maximum Gasteiger partial charge on any atom is 0.669 e. The zero-order chi connectivity index (χ0) is 47.4. The van der Waals surface area contributed by atoms with E-state index in [1.54, 1.807) is 0 Å². The van der Waals surface area contributed by atoms with Crippen LogP contribution in [0.25, 0.3) is 0 Å². The predicted octanol–water partition coefficient (Wildman–Crippen LogP) is 8.98. The summed E-state index contributed by atoms with van der Waals surface area (Å²) in [7, 11) is -32.6. The van der Waals surface area contributed by atoms with Gasteiger partial charge >= 0.3 is 112 Å². The fourth-order valence-corrected chi connectivity index (χ4v) is 75.1. The fourth-order valence-electron chi connectivity index (χ4n) is 8.01. The molecule has 0 aliphatic rings. The molecule has 0 saturated heterocycles. The Morgan fingerprint density at radius 3 is 0.492 bits per heavy atom. The second-order valence-electron chi connectivity index (χ2n) is 20.3. The van der Waals surface area contributed by atoms with Crippen molar-refractivity contribution in [2.24, 2.45) is 0 Å². The molecule has 59 heavy (non-hydrogen) atoms.